The Morgan fingerprint density at radius 1 is 1.41 bits per heavy atom. The van der Waals surface area contributed by atoms with E-state index >= 15 is 0 Å². The van der Waals surface area contributed by atoms with Gasteiger partial charge in [0.2, 0.25) is 0 Å². The third-order valence-electron chi connectivity index (χ3n) is 4.15. The van der Waals surface area contributed by atoms with E-state index in [0.717, 1.165) is 26.1 Å². The van der Waals surface area contributed by atoms with Crippen molar-refractivity contribution < 1.29 is 4.74 Å². The van der Waals surface area contributed by atoms with Crippen LogP contribution in [0.2, 0.25) is 0 Å². The third-order valence-corrected chi connectivity index (χ3v) is 4.15. The first-order valence-electron chi connectivity index (χ1n) is 6.84. The van der Waals surface area contributed by atoms with Crippen molar-refractivity contribution in [3.8, 4) is 0 Å². The SMILES string of the molecule is CCC1CN(CCC(C)(C)OC)C(C)(C)CN1. The van der Waals surface area contributed by atoms with Gasteiger partial charge >= 0.3 is 0 Å². The van der Waals surface area contributed by atoms with Crippen LogP contribution < -0.4 is 5.32 Å². The maximum absolute atomic E-state index is 5.51. The molecule has 1 rings (SSSR count). The van der Waals surface area contributed by atoms with Crippen LogP contribution in [-0.2, 0) is 4.74 Å². The molecule has 3 heteroatoms. The first-order valence-corrected chi connectivity index (χ1v) is 6.84. The lowest BCUT2D eigenvalue weighted by atomic mass is 9.94. The Bertz CT molecular complexity index is 238. The summed E-state index contributed by atoms with van der Waals surface area (Å²) in [5.41, 5.74) is 0.248. The minimum atomic E-state index is -0.0112. The predicted molar refractivity (Wildman–Crippen MR) is 73.4 cm³/mol. The number of hydrogen-bond acceptors (Lipinski definition) is 3. The minimum Gasteiger partial charge on any atom is -0.379 e. The van der Waals surface area contributed by atoms with E-state index in [4.69, 9.17) is 4.74 Å². The molecule has 0 aliphatic carbocycles. The number of methoxy groups -OCH3 is 1. The summed E-state index contributed by atoms with van der Waals surface area (Å²) >= 11 is 0. The van der Waals surface area contributed by atoms with Crippen LogP contribution in [0, 0.1) is 0 Å². The average Bonchev–Trinajstić information content (AvgIpc) is 2.27. The Kier molecular flexibility index (Phi) is 4.99. The summed E-state index contributed by atoms with van der Waals surface area (Å²) in [6.07, 6.45) is 2.30. The molecule has 0 bridgehead atoms. The molecular formula is C14H30N2O. The zero-order valence-electron chi connectivity index (χ0n) is 12.5. The molecule has 1 N–H and O–H groups in total. The molecule has 0 aromatic carbocycles. The minimum absolute atomic E-state index is 0.0112. The molecule has 0 aromatic rings. The maximum Gasteiger partial charge on any atom is 0.0634 e. The Labute approximate surface area is 107 Å². The van der Waals surface area contributed by atoms with Crippen LogP contribution in [0.15, 0.2) is 0 Å². The number of nitrogens with zero attached hydrogens (tertiary/aromatic N) is 1. The van der Waals surface area contributed by atoms with Crippen molar-refractivity contribution in [2.75, 3.05) is 26.7 Å². The molecule has 17 heavy (non-hydrogen) atoms. The van der Waals surface area contributed by atoms with Crippen molar-refractivity contribution in [1.82, 2.24) is 10.2 Å². The van der Waals surface area contributed by atoms with Crippen molar-refractivity contribution in [2.24, 2.45) is 0 Å². The molecule has 1 unspecified atom stereocenters. The highest BCUT2D eigenvalue weighted by Gasteiger charge is 2.33. The lowest BCUT2D eigenvalue weighted by Gasteiger charge is -2.47. The highest BCUT2D eigenvalue weighted by molar-refractivity contribution is 4.93. The van der Waals surface area contributed by atoms with E-state index in [2.05, 4.69) is 44.8 Å². The second-order valence-corrected chi connectivity index (χ2v) is 6.46. The molecule has 1 atom stereocenters. The quantitative estimate of drug-likeness (QED) is 0.800. The van der Waals surface area contributed by atoms with Crippen molar-refractivity contribution in [3.05, 3.63) is 0 Å². The number of rotatable bonds is 5. The van der Waals surface area contributed by atoms with E-state index in [-0.39, 0.29) is 11.1 Å². The Hall–Kier alpha value is -0.120. The van der Waals surface area contributed by atoms with Crippen molar-refractivity contribution in [1.29, 1.82) is 0 Å². The van der Waals surface area contributed by atoms with Crippen LogP contribution >= 0.6 is 0 Å². The normalized spacial score (nSPS) is 26.1. The predicted octanol–water partition coefficient (Wildman–Crippen LogP) is 2.26. The standard InChI is InChI=1S/C14H30N2O/c1-7-12-10-16(13(2,3)11-15-12)9-8-14(4,5)17-6/h12,15H,7-11H2,1-6H3. The van der Waals surface area contributed by atoms with Gasteiger partial charge in [-0.3, -0.25) is 4.90 Å². The van der Waals surface area contributed by atoms with Crippen LogP contribution in [0.4, 0.5) is 0 Å². The summed E-state index contributed by atoms with van der Waals surface area (Å²) < 4.78 is 5.51. The van der Waals surface area contributed by atoms with Crippen LogP contribution in [0.1, 0.15) is 47.5 Å². The summed E-state index contributed by atoms with van der Waals surface area (Å²) in [5.74, 6) is 0. The molecule has 1 heterocycles. The Morgan fingerprint density at radius 2 is 2.06 bits per heavy atom. The van der Waals surface area contributed by atoms with Crippen LogP contribution in [0.3, 0.4) is 0 Å². The molecule has 0 radical (unpaired) electrons. The average molecular weight is 242 g/mol. The number of nitrogens with one attached hydrogen (secondary N) is 1. The van der Waals surface area contributed by atoms with Gasteiger partial charge in [-0.05, 0) is 40.5 Å². The molecule has 1 fully saturated rings. The molecule has 0 amide bonds. The van der Waals surface area contributed by atoms with Crippen molar-refractivity contribution >= 4 is 0 Å². The van der Waals surface area contributed by atoms with Gasteiger partial charge in [-0.2, -0.15) is 0 Å². The largest absolute Gasteiger partial charge is 0.379 e. The summed E-state index contributed by atoms with van der Waals surface area (Å²) in [6.45, 7) is 14.6. The van der Waals surface area contributed by atoms with Gasteiger partial charge in [-0.25, -0.2) is 0 Å². The fourth-order valence-electron chi connectivity index (χ4n) is 2.26. The van der Waals surface area contributed by atoms with Gasteiger partial charge in [0.1, 0.15) is 0 Å². The van der Waals surface area contributed by atoms with E-state index in [1.807, 2.05) is 0 Å². The van der Waals surface area contributed by atoms with E-state index < -0.39 is 0 Å². The zero-order valence-corrected chi connectivity index (χ0v) is 12.5. The second-order valence-electron chi connectivity index (χ2n) is 6.46. The van der Waals surface area contributed by atoms with Crippen LogP contribution in [0.5, 0.6) is 0 Å². The van der Waals surface area contributed by atoms with Gasteiger partial charge < -0.3 is 10.1 Å². The summed E-state index contributed by atoms with van der Waals surface area (Å²) in [5, 5.41) is 3.63. The van der Waals surface area contributed by atoms with Gasteiger partial charge in [0, 0.05) is 38.3 Å². The van der Waals surface area contributed by atoms with Crippen molar-refractivity contribution in [3.63, 3.8) is 0 Å². The van der Waals surface area contributed by atoms with Crippen LogP contribution in [0.25, 0.3) is 0 Å². The molecule has 3 nitrogen and oxygen atoms in total. The third kappa shape index (κ3) is 4.23. The fraction of sp³-hybridized carbons (Fsp3) is 1.00. The number of hydrogen-bond donors (Lipinski definition) is 1. The summed E-state index contributed by atoms with van der Waals surface area (Å²) in [6, 6.07) is 0.647. The van der Waals surface area contributed by atoms with Gasteiger partial charge in [-0.15, -0.1) is 0 Å². The number of piperazine rings is 1. The molecule has 1 aliphatic rings. The van der Waals surface area contributed by atoms with Gasteiger partial charge in [0.25, 0.3) is 0 Å². The Balaban J connectivity index is 2.53. The monoisotopic (exact) mass is 242 g/mol. The van der Waals surface area contributed by atoms with E-state index in [9.17, 15) is 0 Å². The van der Waals surface area contributed by atoms with Crippen LogP contribution in [-0.4, -0.2) is 48.8 Å². The van der Waals surface area contributed by atoms with E-state index in [1.165, 1.54) is 6.42 Å². The lowest BCUT2D eigenvalue weighted by molar-refractivity contribution is -0.0111. The summed E-state index contributed by atoms with van der Waals surface area (Å²) in [7, 11) is 1.80. The smallest absolute Gasteiger partial charge is 0.0634 e. The molecule has 102 valence electrons. The highest BCUT2D eigenvalue weighted by Crippen LogP contribution is 2.22. The second kappa shape index (κ2) is 5.68. The van der Waals surface area contributed by atoms with Gasteiger partial charge in [0.05, 0.1) is 5.60 Å². The van der Waals surface area contributed by atoms with Gasteiger partial charge in [-0.1, -0.05) is 6.92 Å². The highest BCUT2D eigenvalue weighted by atomic mass is 16.5. The molecule has 0 aromatic heterocycles. The molecular weight excluding hydrogens is 212 g/mol. The zero-order chi connectivity index (χ0) is 13.1. The molecule has 1 saturated heterocycles. The molecule has 0 spiro atoms. The topological polar surface area (TPSA) is 24.5 Å². The Morgan fingerprint density at radius 3 is 2.59 bits per heavy atom. The first kappa shape index (κ1) is 14.9. The first-order chi connectivity index (χ1) is 7.80. The molecule has 1 aliphatic heterocycles. The maximum atomic E-state index is 5.51. The fourth-order valence-corrected chi connectivity index (χ4v) is 2.26. The van der Waals surface area contributed by atoms with Gasteiger partial charge in [0.15, 0.2) is 0 Å². The van der Waals surface area contributed by atoms with E-state index in [1.54, 1.807) is 7.11 Å². The molecule has 0 saturated carbocycles. The number of ether oxygens (including phenoxy) is 1. The summed E-state index contributed by atoms with van der Waals surface area (Å²) in [4.78, 5) is 2.61. The van der Waals surface area contributed by atoms with Crippen molar-refractivity contribution in [2.45, 2.75) is 64.6 Å². The lowest BCUT2D eigenvalue weighted by Crippen LogP contribution is -2.62. The van der Waals surface area contributed by atoms with E-state index in [0.29, 0.717) is 6.04 Å².